The van der Waals surface area contributed by atoms with Crippen molar-refractivity contribution in [2.24, 2.45) is 5.92 Å². The van der Waals surface area contributed by atoms with Crippen LogP contribution in [0.4, 0.5) is 4.79 Å². The largest absolute Gasteiger partial charge is 0.444 e. The third kappa shape index (κ3) is 6.34. The maximum absolute atomic E-state index is 12.3. The van der Waals surface area contributed by atoms with E-state index in [9.17, 15) is 9.59 Å². The van der Waals surface area contributed by atoms with Crippen molar-refractivity contribution in [2.75, 3.05) is 19.6 Å². The summed E-state index contributed by atoms with van der Waals surface area (Å²) in [5, 5.41) is 7.21. The van der Waals surface area contributed by atoms with Crippen LogP contribution in [0.15, 0.2) is 42.7 Å². The predicted molar refractivity (Wildman–Crippen MR) is 111 cm³/mol. The van der Waals surface area contributed by atoms with Crippen LogP contribution in [0.25, 0.3) is 5.69 Å². The number of carbonyl (C=O) groups excluding carboxylic acids is 2. The monoisotopic (exact) mass is 398 g/mol. The zero-order valence-electron chi connectivity index (χ0n) is 17.4. The van der Waals surface area contributed by atoms with Crippen LogP contribution in [0, 0.1) is 5.92 Å². The molecule has 29 heavy (non-hydrogen) atoms. The van der Waals surface area contributed by atoms with E-state index in [4.69, 9.17) is 4.74 Å². The van der Waals surface area contributed by atoms with Gasteiger partial charge in [0.15, 0.2) is 0 Å². The van der Waals surface area contributed by atoms with Gasteiger partial charge in [0, 0.05) is 32.0 Å². The Balaban J connectivity index is 1.44. The normalized spacial score (nSPS) is 17.1. The standard InChI is InChI=1S/C22H30N4O3/c1-22(2,3)29-21(28)25-12-4-6-18(16-25)15-23-20(27)14-17-7-9-19(10-8-17)26-13-5-11-24-26/h5,7-11,13,18H,4,6,12,14-16H2,1-3H3,(H,23,27). The van der Waals surface area contributed by atoms with Crippen molar-refractivity contribution in [2.45, 2.75) is 45.6 Å². The molecule has 3 rings (SSSR count). The molecule has 1 aromatic carbocycles. The fourth-order valence-corrected chi connectivity index (χ4v) is 3.42. The summed E-state index contributed by atoms with van der Waals surface area (Å²) in [6.07, 6.45) is 5.60. The molecule has 7 heteroatoms. The zero-order valence-corrected chi connectivity index (χ0v) is 17.4. The van der Waals surface area contributed by atoms with Gasteiger partial charge < -0.3 is 15.0 Å². The lowest BCUT2D eigenvalue weighted by Gasteiger charge is -2.34. The molecule has 1 aliphatic rings. The molecule has 0 spiro atoms. The Morgan fingerprint density at radius 2 is 2.00 bits per heavy atom. The lowest BCUT2D eigenvalue weighted by molar-refractivity contribution is -0.120. The number of benzene rings is 1. The second kappa shape index (κ2) is 9.11. The van der Waals surface area contributed by atoms with E-state index >= 15 is 0 Å². The summed E-state index contributed by atoms with van der Waals surface area (Å²) in [6, 6.07) is 9.67. The van der Waals surface area contributed by atoms with E-state index in [1.165, 1.54) is 0 Å². The Hall–Kier alpha value is -2.83. The molecule has 1 fully saturated rings. The van der Waals surface area contributed by atoms with E-state index < -0.39 is 5.60 Å². The SMILES string of the molecule is CC(C)(C)OC(=O)N1CCCC(CNC(=O)Cc2ccc(-n3cccn3)cc2)C1. The minimum absolute atomic E-state index is 0.00812. The number of ether oxygens (including phenoxy) is 1. The van der Waals surface area contributed by atoms with Gasteiger partial charge in [-0.3, -0.25) is 4.79 Å². The molecule has 0 saturated carbocycles. The second-order valence-electron chi connectivity index (χ2n) is 8.53. The number of aromatic nitrogens is 2. The smallest absolute Gasteiger partial charge is 0.410 e. The number of nitrogens with one attached hydrogen (secondary N) is 1. The molecule has 1 aromatic heterocycles. The van der Waals surface area contributed by atoms with Crippen LogP contribution in [-0.4, -0.2) is 51.9 Å². The van der Waals surface area contributed by atoms with Gasteiger partial charge >= 0.3 is 6.09 Å². The fourth-order valence-electron chi connectivity index (χ4n) is 3.42. The Kier molecular flexibility index (Phi) is 6.56. The first-order valence-corrected chi connectivity index (χ1v) is 10.1. The molecule has 0 radical (unpaired) electrons. The van der Waals surface area contributed by atoms with E-state index in [1.807, 2.05) is 57.3 Å². The zero-order chi connectivity index (χ0) is 20.9. The number of hydrogen-bond donors (Lipinski definition) is 1. The summed E-state index contributed by atoms with van der Waals surface area (Å²) < 4.78 is 7.24. The number of rotatable bonds is 5. The molecule has 2 aromatic rings. The highest BCUT2D eigenvalue weighted by Gasteiger charge is 2.27. The van der Waals surface area contributed by atoms with Gasteiger partial charge in [0.1, 0.15) is 5.60 Å². The molecule has 1 saturated heterocycles. The first-order chi connectivity index (χ1) is 13.8. The number of carbonyl (C=O) groups is 2. The van der Waals surface area contributed by atoms with Gasteiger partial charge in [0.25, 0.3) is 0 Å². The summed E-state index contributed by atoms with van der Waals surface area (Å²) in [5.41, 5.74) is 1.42. The molecule has 2 heterocycles. The number of amides is 2. The Morgan fingerprint density at radius 3 is 2.66 bits per heavy atom. The van der Waals surface area contributed by atoms with Crippen LogP contribution in [-0.2, 0) is 16.0 Å². The first-order valence-electron chi connectivity index (χ1n) is 10.1. The number of hydrogen-bond acceptors (Lipinski definition) is 4. The summed E-state index contributed by atoms with van der Waals surface area (Å²) in [4.78, 5) is 26.3. The lowest BCUT2D eigenvalue weighted by Crippen LogP contribution is -2.45. The molecule has 156 valence electrons. The quantitative estimate of drug-likeness (QED) is 0.839. The Labute approximate surface area is 172 Å². The highest BCUT2D eigenvalue weighted by molar-refractivity contribution is 5.78. The van der Waals surface area contributed by atoms with Crippen LogP contribution in [0.1, 0.15) is 39.2 Å². The van der Waals surface area contributed by atoms with Crippen molar-refractivity contribution < 1.29 is 14.3 Å². The van der Waals surface area contributed by atoms with Crippen LogP contribution in [0.3, 0.4) is 0 Å². The highest BCUT2D eigenvalue weighted by Crippen LogP contribution is 2.19. The van der Waals surface area contributed by atoms with Gasteiger partial charge in [0.05, 0.1) is 12.1 Å². The Morgan fingerprint density at radius 1 is 1.24 bits per heavy atom. The Bertz CT molecular complexity index is 810. The van der Waals surface area contributed by atoms with E-state index in [2.05, 4.69) is 10.4 Å². The average Bonchev–Trinajstić information content (AvgIpc) is 3.21. The van der Waals surface area contributed by atoms with Crippen LogP contribution < -0.4 is 5.32 Å². The predicted octanol–water partition coefficient (Wildman–Crippen LogP) is 3.18. The minimum Gasteiger partial charge on any atom is -0.444 e. The molecule has 0 bridgehead atoms. The van der Waals surface area contributed by atoms with Gasteiger partial charge in [-0.15, -0.1) is 0 Å². The van der Waals surface area contributed by atoms with Gasteiger partial charge in [-0.25, -0.2) is 9.48 Å². The van der Waals surface area contributed by atoms with Crippen molar-refractivity contribution >= 4 is 12.0 Å². The van der Waals surface area contributed by atoms with E-state index in [-0.39, 0.29) is 17.9 Å². The minimum atomic E-state index is -0.495. The van der Waals surface area contributed by atoms with E-state index in [1.54, 1.807) is 15.8 Å². The second-order valence-corrected chi connectivity index (χ2v) is 8.53. The lowest BCUT2D eigenvalue weighted by atomic mass is 9.98. The highest BCUT2D eigenvalue weighted by atomic mass is 16.6. The van der Waals surface area contributed by atoms with E-state index in [0.717, 1.165) is 24.1 Å². The molecule has 7 nitrogen and oxygen atoms in total. The molecule has 1 unspecified atom stereocenters. The van der Waals surface area contributed by atoms with Crippen molar-refractivity contribution in [3.63, 3.8) is 0 Å². The number of piperidine rings is 1. The van der Waals surface area contributed by atoms with Gasteiger partial charge in [-0.2, -0.15) is 5.10 Å². The molecule has 1 atom stereocenters. The average molecular weight is 399 g/mol. The van der Waals surface area contributed by atoms with E-state index in [0.29, 0.717) is 26.1 Å². The molecule has 2 amide bonds. The maximum atomic E-state index is 12.3. The van der Waals surface area contributed by atoms with Gasteiger partial charge in [-0.1, -0.05) is 12.1 Å². The maximum Gasteiger partial charge on any atom is 0.410 e. The summed E-state index contributed by atoms with van der Waals surface area (Å²) >= 11 is 0. The molecule has 0 aliphatic carbocycles. The van der Waals surface area contributed by atoms with Crippen molar-refractivity contribution in [3.8, 4) is 5.69 Å². The van der Waals surface area contributed by atoms with Crippen LogP contribution in [0.2, 0.25) is 0 Å². The molecular weight excluding hydrogens is 368 g/mol. The van der Waals surface area contributed by atoms with Crippen molar-refractivity contribution in [1.29, 1.82) is 0 Å². The topological polar surface area (TPSA) is 76.5 Å². The fraction of sp³-hybridized carbons (Fsp3) is 0.500. The van der Waals surface area contributed by atoms with Crippen LogP contribution in [0.5, 0.6) is 0 Å². The van der Waals surface area contributed by atoms with Crippen molar-refractivity contribution in [1.82, 2.24) is 20.0 Å². The third-order valence-electron chi connectivity index (χ3n) is 4.83. The first kappa shape index (κ1) is 20.9. The van der Waals surface area contributed by atoms with Crippen LogP contribution >= 0.6 is 0 Å². The summed E-state index contributed by atoms with van der Waals surface area (Å²) in [7, 11) is 0. The number of nitrogens with zero attached hydrogens (tertiary/aromatic N) is 3. The summed E-state index contributed by atoms with van der Waals surface area (Å²) in [5.74, 6) is 0.244. The van der Waals surface area contributed by atoms with Gasteiger partial charge in [0.2, 0.25) is 5.91 Å². The van der Waals surface area contributed by atoms with Crippen molar-refractivity contribution in [3.05, 3.63) is 48.3 Å². The number of likely N-dealkylation sites (tertiary alicyclic amines) is 1. The van der Waals surface area contributed by atoms with Gasteiger partial charge in [-0.05, 0) is 63.3 Å². The third-order valence-corrected chi connectivity index (χ3v) is 4.83. The molecule has 1 N–H and O–H groups in total. The molecular formula is C22H30N4O3. The summed E-state index contributed by atoms with van der Waals surface area (Å²) in [6.45, 7) is 7.51. The molecule has 1 aliphatic heterocycles.